The summed E-state index contributed by atoms with van der Waals surface area (Å²) in [6.07, 6.45) is -3.46. The van der Waals surface area contributed by atoms with Gasteiger partial charge in [-0.05, 0) is 116 Å². The van der Waals surface area contributed by atoms with E-state index in [-0.39, 0.29) is 15.4 Å². The van der Waals surface area contributed by atoms with Gasteiger partial charge in [0.05, 0.1) is 43.0 Å². The number of aryl methyl sites for hydroxylation is 1. The molecule has 0 aliphatic rings. The fourth-order valence-corrected chi connectivity index (χ4v) is 8.87. The molecule has 0 radical (unpaired) electrons. The van der Waals surface area contributed by atoms with Crippen molar-refractivity contribution < 1.29 is 47.6 Å². The van der Waals surface area contributed by atoms with Crippen LogP contribution in [0.25, 0.3) is 68.6 Å². The lowest BCUT2D eigenvalue weighted by Gasteiger charge is -2.09. The van der Waals surface area contributed by atoms with Gasteiger partial charge in [0.15, 0.2) is 0 Å². The Hall–Kier alpha value is -6.93. The molecule has 8 aromatic rings. The minimum atomic E-state index is -4.79. The Morgan fingerprint density at radius 3 is 1.55 bits per heavy atom. The van der Waals surface area contributed by atoms with Crippen LogP contribution in [0.15, 0.2) is 131 Å². The van der Waals surface area contributed by atoms with Gasteiger partial charge in [0, 0.05) is 16.7 Å². The Labute approximate surface area is 374 Å². The highest BCUT2D eigenvalue weighted by Crippen LogP contribution is 2.35. The summed E-state index contributed by atoms with van der Waals surface area (Å²) in [4.78, 5) is 15.2. The summed E-state index contributed by atoms with van der Waals surface area (Å²) in [6, 6.07) is 30.5. The second kappa shape index (κ2) is 18.5. The van der Waals surface area contributed by atoms with Gasteiger partial charge >= 0.3 is 12.4 Å². The molecule has 0 fully saturated rings. The van der Waals surface area contributed by atoms with Crippen LogP contribution in [0, 0.1) is 12.7 Å². The molecule has 2 heterocycles. The van der Waals surface area contributed by atoms with Crippen molar-refractivity contribution in [2.75, 3.05) is 14.1 Å². The van der Waals surface area contributed by atoms with E-state index in [1.807, 2.05) is 0 Å². The number of sulfonamides is 2. The standard InChI is InChI=1S/C24H20F3N3O2S.C23H17F4N3O2S/c1-15-11-16(13-18(12-15)24(25,26)27)7-10-23-29-20-9-8-17(14-21(20)30-23)19-5-3-4-6-22(19)33(31,32)28-2;1-28-33(31,32)20-8-3-2-6-16(20)15-9-11-18-19(13-15)30-21(29-18)12-10-14-5-4-7-17(22(14)24)23(25,26)27/h3-14,28H,1-2H3,(H,29,30);2-13,28H,1H3,(H,29,30)/b10-7+;12-10+. The lowest BCUT2D eigenvalue weighted by molar-refractivity contribution is -0.140. The first-order chi connectivity index (χ1) is 31.2. The molecule has 2 aromatic heterocycles. The van der Waals surface area contributed by atoms with Crippen molar-refractivity contribution in [3.63, 3.8) is 0 Å². The van der Waals surface area contributed by atoms with E-state index in [1.54, 1.807) is 97.9 Å². The quantitative estimate of drug-likeness (QED) is 0.100. The van der Waals surface area contributed by atoms with Gasteiger partial charge in [-0.1, -0.05) is 72.8 Å². The number of hydrogen-bond acceptors (Lipinski definition) is 6. The molecule has 10 nitrogen and oxygen atoms in total. The molecule has 19 heteroatoms. The summed E-state index contributed by atoms with van der Waals surface area (Å²) in [5.41, 5.74) is 3.44. The van der Waals surface area contributed by atoms with E-state index in [2.05, 4.69) is 29.4 Å². The topological polar surface area (TPSA) is 150 Å². The first-order valence-corrected chi connectivity index (χ1v) is 22.6. The molecule has 0 atom stereocenters. The van der Waals surface area contributed by atoms with E-state index >= 15 is 0 Å². The summed E-state index contributed by atoms with van der Waals surface area (Å²) in [6.45, 7) is 1.61. The number of benzene rings is 6. The van der Waals surface area contributed by atoms with Crippen LogP contribution < -0.4 is 9.44 Å². The number of halogens is 7. The fourth-order valence-electron chi connectivity index (χ4n) is 6.96. The van der Waals surface area contributed by atoms with Crippen molar-refractivity contribution in [2.45, 2.75) is 29.1 Å². The number of nitrogens with zero attached hydrogens (tertiary/aromatic N) is 2. The van der Waals surface area contributed by atoms with Crippen LogP contribution in [0.4, 0.5) is 30.7 Å². The molecular weight excluding hydrogens is 910 g/mol. The van der Waals surface area contributed by atoms with Crippen LogP contribution in [-0.4, -0.2) is 50.9 Å². The second-order valence-corrected chi connectivity index (χ2v) is 18.3. The highest BCUT2D eigenvalue weighted by atomic mass is 32.2. The smallest absolute Gasteiger partial charge is 0.338 e. The molecular formula is C47H37F7N6O4S2. The summed E-state index contributed by atoms with van der Waals surface area (Å²) >= 11 is 0. The van der Waals surface area contributed by atoms with Crippen LogP contribution >= 0.6 is 0 Å². The highest BCUT2D eigenvalue weighted by Gasteiger charge is 2.34. The van der Waals surface area contributed by atoms with Gasteiger partial charge in [0.1, 0.15) is 17.5 Å². The van der Waals surface area contributed by atoms with Crippen molar-refractivity contribution in [1.82, 2.24) is 29.4 Å². The van der Waals surface area contributed by atoms with E-state index in [1.165, 1.54) is 44.4 Å². The number of H-pyrrole nitrogens is 2. The predicted octanol–water partition coefficient (Wildman–Crippen LogP) is 11.1. The van der Waals surface area contributed by atoms with Gasteiger partial charge in [-0.25, -0.2) is 40.6 Å². The minimum Gasteiger partial charge on any atom is -0.338 e. The average molecular weight is 947 g/mol. The zero-order valence-electron chi connectivity index (χ0n) is 34.8. The molecule has 0 saturated carbocycles. The maximum Gasteiger partial charge on any atom is 0.419 e. The van der Waals surface area contributed by atoms with Gasteiger partial charge < -0.3 is 9.97 Å². The zero-order valence-corrected chi connectivity index (χ0v) is 36.5. The SMILES string of the molecule is CNS(=O)(=O)c1ccccc1-c1ccc2nc(/C=C/c3cc(C)cc(C(F)(F)F)c3)[nH]c2c1.CNS(=O)(=O)c1ccccc1-c1ccc2nc(/C=C/c3cccc(C(F)(F)F)c3F)[nH]c2c1. The molecule has 4 N–H and O–H groups in total. The first kappa shape index (κ1) is 47.0. The Kier molecular flexibility index (Phi) is 13.2. The van der Waals surface area contributed by atoms with E-state index in [4.69, 9.17) is 0 Å². The van der Waals surface area contributed by atoms with E-state index in [0.717, 1.165) is 18.2 Å². The molecule has 0 saturated heterocycles. The Morgan fingerprint density at radius 2 is 1.06 bits per heavy atom. The number of imidazole rings is 2. The third-order valence-corrected chi connectivity index (χ3v) is 13.1. The molecule has 340 valence electrons. The fraction of sp³-hybridized carbons (Fsp3) is 0.106. The molecule has 0 aliphatic carbocycles. The van der Waals surface area contributed by atoms with E-state index < -0.39 is 49.3 Å². The van der Waals surface area contributed by atoms with Crippen LogP contribution in [-0.2, 0) is 32.4 Å². The number of rotatable bonds is 10. The van der Waals surface area contributed by atoms with Gasteiger partial charge in [-0.2, -0.15) is 26.3 Å². The molecule has 0 amide bonds. The summed E-state index contributed by atoms with van der Waals surface area (Å²) in [7, 11) is -4.65. The molecule has 0 unspecified atom stereocenters. The number of fused-ring (bicyclic) bond motifs is 2. The number of alkyl halides is 6. The molecule has 8 rings (SSSR count). The minimum absolute atomic E-state index is 0.117. The first-order valence-electron chi connectivity index (χ1n) is 19.6. The molecule has 0 aliphatic heterocycles. The van der Waals surface area contributed by atoms with Gasteiger partial charge in [0.2, 0.25) is 20.0 Å². The monoisotopic (exact) mass is 946 g/mol. The summed E-state index contributed by atoms with van der Waals surface area (Å²) in [5.74, 6) is -0.592. The van der Waals surface area contributed by atoms with Crippen LogP contribution in [0.2, 0.25) is 0 Å². The third-order valence-electron chi connectivity index (χ3n) is 10.1. The highest BCUT2D eigenvalue weighted by molar-refractivity contribution is 7.90. The molecule has 66 heavy (non-hydrogen) atoms. The molecule has 6 aromatic carbocycles. The van der Waals surface area contributed by atoms with Crippen LogP contribution in [0.3, 0.4) is 0 Å². The zero-order chi connectivity index (χ0) is 47.6. The van der Waals surface area contributed by atoms with Crippen molar-refractivity contribution in [3.05, 3.63) is 167 Å². The van der Waals surface area contributed by atoms with E-state index in [9.17, 15) is 47.6 Å². The summed E-state index contributed by atoms with van der Waals surface area (Å²) in [5, 5.41) is 0. The Morgan fingerprint density at radius 1 is 0.561 bits per heavy atom. The van der Waals surface area contributed by atoms with Crippen molar-refractivity contribution in [1.29, 1.82) is 0 Å². The number of aromatic nitrogens is 4. The predicted molar refractivity (Wildman–Crippen MR) is 241 cm³/mol. The average Bonchev–Trinajstić information content (AvgIpc) is 3.90. The number of aromatic amines is 2. The van der Waals surface area contributed by atoms with Crippen LogP contribution in [0.5, 0.6) is 0 Å². The maximum absolute atomic E-state index is 14.2. The molecule has 0 spiro atoms. The summed E-state index contributed by atoms with van der Waals surface area (Å²) < 4.78 is 146. The van der Waals surface area contributed by atoms with E-state index in [0.29, 0.717) is 73.2 Å². The van der Waals surface area contributed by atoms with Crippen molar-refractivity contribution in [2.24, 2.45) is 0 Å². The Bertz CT molecular complexity index is 3400. The number of nitrogens with one attached hydrogen (secondary N) is 4. The maximum atomic E-state index is 14.2. The molecule has 0 bridgehead atoms. The van der Waals surface area contributed by atoms with Crippen molar-refractivity contribution in [3.8, 4) is 22.3 Å². The van der Waals surface area contributed by atoms with Crippen LogP contribution in [0.1, 0.15) is 39.5 Å². The normalized spacial score (nSPS) is 12.6. The third kappa shape index (κ3) is 10.4. The lowest BCUT2D eigenvalue weighted by Crippen LogP contribution is -2.19. The number of hydrogen-bond donors (Lipinski definition) is 4. The second-order valence-electron chi connectivity index (χ2n) is 14.6. The largest absolute Gasteiger partial charge is 0.419 e. The lowest BCUT2D eigenvalue weighted by atomic mass is 10.1. The Balaban J connectivity index is 0.000000196. The van der Waals surface area contributed by atoms with Gasteiger partial charge in [-0.15, -0.1) is 0 Å². The van der Waals surface area contributed by atoms with Gasteiger partial charge in [-0.3, -0.25) is 0 Å². The van der Waals surface area contributed by atoms with Crippen molar-refractivity contribution >= 4 is 66.4 Å². The van der Waals surface area contributed by atoms with Gasteiger partial charge in [0.25, 0.3) is 0 Å².